The Morgan fingerprint density at radius 2 is 1.13 bits per heavy atom. The molecule has 0 unspecified atom stereocenters. The maximum absolute atomic E-state index is 12.2. The number of phenolic OH excluding ortho intramolecular Hbond substituents is 2. The van der Waals surface area contributed by atoms with Gasteiger partial charge in [-0.1, -0.05) is 36.4 Å². The minimum atomic E-state index is -0.549. The van der Waals surface area contributed by atoms with E-state index in [9.17, 15) is 15.0 Å². The highest BCUT2D eigenvalue weighted by molar-refractivity contribution is 8.13. The van der Waals surface area contributed by atoms with E-state index in [4.69, 9.17) is 23.5 Å². The Hall–Kier alpha value is -6.30. The highest BCUT2D eigenvalue weighted by Crippen LogP contribution is 2.46. The van der Waals surface area contributed by atoms with Crippen LogP contribution in [0.15, 0.2) is 145 Å². The van der Waals surface area contributed by atoms with E-state index < -0.39 is 5.60 Å². The fourth-order valence-corrected chi connectivity index (χ4v) is 6.91. The Morgan fingerprint density at radius 3 is 1.60 bits per heavy atom. The molecule has 6 aromatic carbocycles. The SMILES string of the molecule is CC(C)(C)OC(=O)Sc1ccc(N=Cc2ccc(-c3nc4c(-c5ccc(O)cc5)c5oc(-c6ccc(S)cc6)nc5c(-c5ccc(O)cc5)c4o3)cc2)cc1. The number of nitrogens with zero attached hydrogens (tertiary/aromatic N) is 3. The number of ether oxygens (including phenoxy) is 1. The highest BCUT2D eigenvalue weighted by Gasteiger charge is 2.27. The molecule has 9 nitrogen and oxygen atoms in total. The lowest BCUT2D eigenvalue weighted by molar-refractivity contribution is 0.0738. The number of thiol groups is 1. The van der Waals surface area contributed by atoms with Gasteiger partial charge in [-0.25, -0.2) is 14.8 Å². The Kier molecular flexibility index (Phi) is 9.42. The summed E-state index contributed by atoms with van der Waals surface area (Å²) in [6.07, 6.45) is 1.76. The molecule has 0 saturated heterocycles. The molecule has 0 aliphatic rings. The molecular weight excluding hydrogens is 731 g/mol. The molecule has 272 valence electrons. The molecule has 2 heterocycles. The summed E-state index contributed by atoms with van der Waals surface area (Å²) in [5.41, 5.74) is 7.46. The zero-order valence-corrected chi connectivity index (χ0v) is 31.6. The normalized spacial score (nSPS) is 11.9. The third kappa shape index (κ3) is 7.71. The number of hydrogen-bond acceptors (Lipinski definition) is 11. The van der Waals surface area contributed by atoms with E-state index in [0.29, 0.717) is 45.1 Å². The molecular formula is C44H33N3O6S2. The number of carbonyl (C=O) groups excluding carboxylic acids is 1. The van der Waals surface area contributed by atoms with E-state index in [-0.39, 0.29) is 16.8 Å². The van der Waals surface area contributed by atoms with Gasteiger partial charge in [0.25, 0.3) is 0 Å². The number of fused-ring (bicyclic) bond motifs is 2. The number of aromatic hydroxyl groups is 2. The van der Waals surface area contributed by atoms with E-state index in [2.05, 4.69) is 17.6 Å². The van der Waals surface area contributed by atoms with Crippen LogP contribution >= 0.6 is 24.4 Å². The number of aromatic nitrogens is 2. The van der Waals surface area contributed by atoms with Gasteiger partial charge in [-0.3, -0.25) is 4.99 Å². The van der Waals surface area contributed by atoms with Crippen LogP contribution in [0, 0.1) is 0 Å². The predicted octanol–water partition coefficient (Wildman–Crippen LogP) is 12.1. The van der Waals surface area contributed by atoms with Crippen LogP contribution in [-0.4, -0.2) is 37.3 Å². The van der Waals surface area contributed by atoms with Crippen LogP contribution in [0.1, 0.15) is 26.3 Å². The number of rotatable bonds is 7. The molecule has 2 N–H and O–H groups in total. The van der Waals surface area contributed by atoms with Gasteiger partial charge in [0.1, 0.15) is 28.1 Å². The molecule has 0 aliphatic heterocycles. The summed E-state index contributed by atoms with van der Waals surface area (Å²) >= 11 is 5.47. The fourth-order valence-electron chi connectivity index (χ4n) is 6.00. The van der Waals surface area contributed by atoms with Crippen molar-refractivity contribution >= 4 is 63.8 Å². The standard InChI is InChI=1S/C44H33N3O6S2/c1-44(2,3)53-43(50)55-34-22-14-30(15-23-34)45-24-25-4-6-28(7-5-25)41-46-37-35(26-8-16-31(48)17-9-26)40-38(47-42(52-40)29-12-20-33(54)21-13-29)36(39(37)51-41)27-10-18-32(49)19-11-27/h4-24,48-49,54H,1-3H3. The number of hydrogen-bond donors (Lipinski definition) is 3. The van der Waals surface area contributed by atoms with Gasteiger partial charge in [-0.15, -0.1) is 12.6 Å². The molecule has 0 aliphatic carbocycles. The van der Waals surface area contributed by atoms with Crippen molar-refractivity contribution in [3.8, 4) is 56.7 Å². The number of aliphatic imine (C=N–C) groups is 1. The zero-order valence-electron chi connectivity index (χ0n) is 29.8. The zero-order chi connectivity index (χ0) is 38.3. The molecule has 0 saturated carbocycles. The second-order valence-electron chi connectivity index (χ2n) is 13.7. The predicted molar refractivity (Wildman–Crippen MR) is 220 cm³/mol. The van der Waals surface area contributed by atoms with Gasteiger partial charge in [0, 0.05) is 27.1 Å². The van der Waals surface area contributed by atoms with Crippen molar-refractivity contribution in [1.29, 1.82) is 0 Å². The van der Waals surface area contributed by atoms with Crippen molar-refractivity contribution in [2.75, 3.05) is 0 Å². The summed E-state index contributed by atoms with van der Waals surface area (Å²) in [6, 6.07) is 36.3. The minimum Gasteiger partial charge on any atom is -0.508 e. The van der Waals surface area contributed by atoms with Crippen LogP contribution in [0.2, 0.25) is 0 Å². The van der Waals surface area contributed by atoms with E-state index >= 15 is 0 Å². The number of phenols is 2. The van der Waals surface area contributed by atoms with Gasteiger partial charge in [0.05, 0.1) is 16.8 Å². The van der Waals surface area contributed by atoms with Crippen molar-refractivity contribution in [3.63, 3.8) is 0 Å². The number of thioether (sulfide) groups is 1. The number of benzene rings is 6. The van der Waals surface area contributed by atoms with E-state index in [1.807, 2.05) is 93.6 Å². The molecule has 55 heavy (non-hydrogen) atoms. The van der Waals surface area contributed by atoms with E-state index in [1.54, 1.807) is 54.7 Å². The van der Waals surface area contributed by atoms with Gasteiger partial charge in [0.15, 0.2) is 11.2 Å². The molecule has 0 fully saturated rings. The monoisotopic (exact) mass is 763 g/mol. The lowest BCUT2D eigenvalue weighted by Gasteiger charge is -2.18. The van der Waals surface area contributed by atoms with Crippen LogP contribution in [0.5, 0.6) is 11.5 Å². The maximum Gasteiger partial charge on any atom is 0.372 e. The first-order valence-corrected chi connectivity index (χ1v) is 18.5. The topological polar surface area (TPSA) is 131 Å². The van der Waals surface area contributed by atoms with Crippen LogP contribution < -0.4 is 0 Å². The third-order valence-corrected chi connectivity index (χ3v) is 9.61. The Bertz CT molecular complexity index is 2590. The summed E-state index contributed by atoms with van der Waals surface area (Å²) in [7, 11) is 0. The average molecular weight is 764 g/mol. The van der Waals surface area contributed by atoms with Gasteiger partial charge in [0.2, 0.25) is 11.8 Å². The lowest BCUT2D eigenvalue weighted by Crippen LogP contribution is -2.21. The Morgan fingerprint density at radius 1 is 0.673 bits per heavy atom. The van der Waals surface area contributed by atoms with Crippen molar-refractivity contribution in [2.24, 2.45) is 4.99 Å². The summed E-state index contributed by atoms with van der Waals surface area (Å²) in [5.74, 6) is 1.04. The largest absolute Gasteiger partial charge is 0.508 e. The van der Waals surface area contributed by atoms with Crippen molar-refractivity contribution in [3.05, 3.63) is 127 Å². The molecule has 0 radical (unpaired) electrons. The molecule has 0 bridgehead atoms. The Labute approximate surface area is 325 Å². The van der Waals surface area contributed by atoms with Crippen LogP contribution in [0.3, 0.4) is 0 Å². The Balaban J connectivity index is 1.18. The summed E-state index contributed by atoms with van der Waals surface area (Å²) in [6.45, 7) is 5.51. The van der Waals surface area contributed by atoms with Crippen molar-refractivity contribution in [2.45, 2.75) is 36.2 Å². The van der Waals surface area contributed by atoms with Gasteiger partial charge >= 0.3 is 5.30 Å². The molecule has 0 atom stereocenters. The van der Waals surface area contributed by atoms with Gasteiger partial charge in [-0.2, -0.15) is 0 Å². The first kappa shape index (κ1) is 35.7. The number of carbonyl (C=O) groups is 1. The summed E-state index contributed by atoms with van der Waals surface area (Å²) in [4.78, 5) is 28.4. The van der Waals surface area contributed by atoms with E-state index in [1.165, 1.54) is 0 Å². The summed E-state index contributed by atoms with van der Waals surface area (Å²) in [5, 5.41) is 19.9. The van der Waals surface area contributed by atoms with E-state index in [0.717, 1.165) is 55.1 Å². The lowest BCUT2D eigenvalue weighted by atomic mass is 9.96. The van der Waals surface area contributed by atoms with Gasteiger partial charge < -0.3 is 23.8 Å². The summed E-state index contributed by atoms with van der Waals surface area (Å²) < 4.78 is 18.6. The molecule has 2 aromatic heterocycles. The highest BCUT2D eigenvalue weighted by atomic mass is 32.2. The van der Waals surface area contributed by atoms with Crippen molar-refractivity contribution in [1.82, 2.24) is 9.97 Å². The average Bonchev–Trinajstić information content (AvgIpc) is 3.80. The second-order valence-corrected chi connectivity index (χ2v) is 15.2. The van der Waals surface area contributed by atoms with Gasteiger partial charge in [-0.05, 0) is 134 Å². The molecule has 11 heteroatoms. The maximum atomic E-state index is 12.2. The molecule has 0 spiro atoms. The first-order valence-electron chi connectivity index (χ1n) is 17.3. The molecule has 8 rings (SSSR count). The van der Waals surface area contributed by atoms with Crippen LogP contribution in [-0.2, 0) is 4.74 Å². The number of oxazole rings is 2. The smallest absolute Gasteiger partial charge is 0.372 e. The third-order valence-electron chi connectivity index (χ3n) is 8.56. The molecule has 8 aromatic rings. The second kappa shape index (κ2) is 14.5. The van der Waals surface area contributed by atoms with Crippen molar-refractivity contribution < 1.29 is 28.6 Å². The van der Waals surface area contributed by atoms with Crippen LogP contribution in [0.4, 0.5) is 10.5 Å². The molecule has 0 amide bonds. The minimum absolute atomic E-state index is 0.126. The quantitative estimate of drug-likeness (QED) is 0.0628. The van der Waals surface area contributed by atoms with Crippen LogP contribution in [0.25, 0.3) is 67.4 Å². The first-order chi connectivity index (χ1) is 26.5. The fraction of sp³-hybridized carbons (Fsp3) is 0.0909.